The fourth-order valence-corrected chi connectivity index (χ4v) is 2.28. The Hall–Kier alpha value is -2.09. The third-order valence-electron chi connectivity index (χ3n) is 4.14. The summed E-state index contributed by atoms with van der Waals surface area (Å²) in [6.45, 7) is 11.8. The van der Waals surface area contributed by atoms with E-state index in [0.29, 0.717) is 5.57 Å². The maximum absolute atomic E-state index is 13.7. The normalized spacial score (nSPS) is 13.8. The van der Waals surface area contributed by atoms with E-state index in [2.05, 4.69) is 32.9 Å². The van der Waals surface area contributed by atoms with Crippen LogP contribution < -0.4 is 4.74 Å². The van der Waals surface area contributed by atoms with Crippen molar-refractivity contribution in [2.75, 3.05) is 7.11 Å². The minimum absolute atomic E-state index is 0.201. The van der Waals surface area contributed by atoms with E-state index in [-0.39, 0.29) is 5.83 Å². The quantitative estimate of drug-likeness (QED) is 0.571. The number of benzene rings is 1. The highest BCUT2D eigenvalue weighted by molar-refractivity contribution is 5.64. The molecule has 0 bridgehead atoms. The molecule has 1 aromatic rings. The predicted octanol–water partition coefficient (Wildman–Crippen LogP) is 6.40. The first-order valence-corrected chi connectivity index (χ1v) is 7.82. The molecule has 0 amide bonds. The van der Waals surface area contributed by atoms with Gasteiger partial charge >= 0.3 is 0 Å². The first-order chi connectivity index (χ1) is 10.8. The van der Waals surface area contributed by atoms with Gasteiger partial charge in [0.2, 0.25) is 0 Å². The predicted molar refractivity (Wildman–Crippen MR) is 98.6 cm³/mol. The van der Waals surface area contributed by atoms with E-state index in [4.69, 9.17) is 4.74 Å². The van der Waals surface area contributed by atoms with Crippen LogP contribution in [-0.4, -0.2) is 7.11 Å². The summed E-state index contributed by atoms with van der Waals surface area (Å²) < 4.78 is 19.1. The van der Waals surface area contributed by atoms with Crippen molar-refractivity contribution in [1.82, 2.24) is 0 Å². The molecule has 1 aromatic carbocycles. The summed E-state index contributed by atoms with van der Waals surface area (Å²) in [5.41, 5.74) is 6.35. The van der Waals surface area contributed by atoms with Gasteiger partial charge in [0.1, 0.15) is 11.6 Å². The van der Waals surface area contributed by atoms with Gasteiger partial charge in [0, 0.05) is 0 Å². The van der Waals surface area contributed by atoms with Crippen molar-refractivity contribution < 1.29 is 9.13 Å². The zero-order valence-corrected chi connectivity index (χ0v) is 15.3. The van der Waals surface area contributed by atoms with Crippen LogP contribution in [0.3, 0.4) is 0 Å². The molecule has 0 atom stereocenters. The van der Waals surface area contributed by atoms with Gasteiger partial charge in [0.05, 0.1) is 7.11 Å². The van der Waals surface area contributed by atoms with Crippen molar-refractivity contribution in [3.63, 3.8) is 0 Å². The van der Waals surface area contributed by atoms with E-state index >= 15 is 0 Å². The van der Waals surface area contributed by atoms with Crippen LogP contribution in [0.1, 0.15) is 43.0 Å². The zero-order valence-electron chi connectivity index (χ0n) is 15.3. The molecule has 2 heteroatoms. The minimum atomic E-state index is -0.201. The smallest absolute Gasteiger partial charge is 0.125 e. The summed E-state index contributed by atoms with van der Waals surface area (Å²) in [7, 11) is 1.69. The largest absolute Gasteiger partial charge is 0.496 e. The molecule has 0 saturated carbocycles. The van der Waals surface area contributed by atoms with E-state index < -0.39 is 0 Å². The van der Waals surface area contributed by atoms with Crippen molar-refractivity contribution in [3.8, 4) is 5.75 Å². The topological polar surface area (TPSA) is 9.23 Å². The SMILES string of the molecule is CC=C(C)C(F)=CC=C(C)C=Cc1c(C)cc(OC)c(C)c1C. The average Bonchev–Trinajstić information content (AvgIpc) is 2.54. The molecule has 0 fully saturated rings. The Kier molecular flexibility index (Phi) is 7.02. The fourth-order valence-electron chi connectivity index (χ4n) is 2.28. The lowest BCUT2D eigenvalue weighted by atomic mass is 9.96. The fraction of sp³-hybridized carbons (Fsp3) is 0.333. The Morgan fingerprint density at radius 1 is 1.09 bits per heavy atom. The molecule has 0 unspecified atom stereocenters. The van der Waals surface area contributed by atoms with Gasteiger partial charge in [-0.3, -0.25) is 0 Å². The Balaban J connectivity index is 3.09. The minimum Gasteiger partial charge on any atom is -0.496 e. The molecule has 0 aliphatic carbocycles. The lowest BCUT2D eigenvalue weighted by Crippen LogP contribution is -1.95. The number of hydrogen-bond acceptors (Lipinski definition) is 1. The average molecular weight is 314 g/mol. The molecular formula is C21H27FO. The van der Waals surface area contributed by atoms with Gasteiger partial charge in [0.25, 0.3) is 0 Å². The van der Waals surface area contributed by atoms with Crippen molar-refractivity contribution >= 4 is 6.08 Å². The van der Waals surface area contributed by atoms with E-state index in [1.807, 2.05) is 19.9 Å². The molecule has 0 spiro atoms. The maximum Gasteiger partial charge on any atom is 0.125 e. The molecule has 124 valence electrons. The molecule has 1 rings (SSSR count). The molecule has 0 aliphatic heterocycles. The maximum atomic E-state index is 13.7. The Bertz CT molecular complexity index is 688. The molecule has 0 aromatic heterocycles. The molecule has 0 radical (unpaired) electrons. The second-order valence-electron chi connectivity index (χ2n) is 5.79. The summed E-state index contributed by atoms with van der Waals surface area (Å²) >= 11 is 0. The second-order valence-corrected chi connectivity index (χ2v) is 5.79. The van der Waals surface area contributed by atoms with E-state index in [1.165, 1.54) is 22.8 Å². The Morgan fingerprint density at radius 2 is 1.74 bits per heavy atom. The monoisotopic (exact) mass is 314 g/mol. The lowest BCUT2D eigenvalue weighted by molar-refractivity contribution is 0.411. The van der Waals surface area contributed by atoms with Crippen LogP contribution in [0.5, 0.6) is 5.75 Å². The molecule has 1 nitrogen and oxygen atoms in total. The number of rotatable bonds is 5. The van der Waals surface area contributed by atoms with Crippen molar-refractivity contribution in [3.05, 3.63) is 69.6 Å². The van der Waals surface area contributed by atoms with Gasteiger partial charge in [-0.25, -0.2) is 4.39 Å². The van der Waals surface area contributed by atoms with Crippen LogP contribution in [0.2, 0.25) is 0 Å². The molecule has 0 N–H and O–H groups in total. The van der Waals surface area contributed by atoms with Crippen LogP contribution in [0, 0.1) is 20.8 Å². The summed E-state index contributed by atoms with van der Waals surface area (Å²) in [4.78, 5) is 0. The molecule has 23 heavy (non-hydrogen) atoms. The highest BCUT2D eigenvalue weighted by Gasteiger charge is 2.08. The number of hydrogen-bond donors (Lipinski definition) is 0. The number of ether oxygens (including phenoxy) is 1. The molecule has 0 aliphatic rings. The van der Waals surface area contributed by atoms with Gasteiger partial charge in [0.15, 0.2) is 0 Å². The standard InChI is InChI=1S/C21H27FO/c1-8-15(3)20(22)12-10-14(2)9-11-19-16(4)13-21(23-7)18(6)17(19)5/h8-13H,1-7H3. The van der Waals surface area contributed by atoms with Crippen LogP contribution in [0.4, 0.5) is 4.39 Å². The lowest BCUT2D eigenvalue weighted by Gasteiger charge is -2.13. The van der Waals surface area contributed by atoms with Gasteiger partial charge in [-0.2, -0.15) is 0 Å². The molecule has 0 heterocycles. The van der Waals surface area contributed by atoms with Crippen LogP contribution in [0.15, 0.2) is 47.3 Å². The van der Waals surface area contributed by atoms with E-state index in [0.717, 1.165) is 16.9 Å². The zero-order chi connectivity index (χ0) is 17.6. The first-order valence-electron chi connectivity index (χ1n) is 7.82. The van der Waals surface area contributed by atoms with E-state index in [1.54, 1.807) is 26.2 Å². The van der Waals surface area contributed by atoms with Crippen molar-refractivity contribution in [2.45, 2.75) is 41.5 Å². The number of methoxy groups -OCH3 is 1. The highest BCUT2D eigenvalue weighted by atomic mass is 19.1. The van der Waals surface area contributed by atoms with Crippen molar-refractivity contribution in [2.24, 2.45) is 0 Å². The third-order valence-corrected chi connectivity index (χ3v) is 4.14. The summed E-state index contributed by atoms with van der Waals surface area (Å²) in [6.07, 6.45) is 9.15. The Labute approximate surface area is 139 Å². The van der Waals surface area contributed by atoms with Crippen molar-refractivity contribution in [1.29, 1.82) is 0 Å². The summed E-state index contributed by atoms with van der Waals surface area (Å²) in [5, 5.41) is 0. The molecular weight excluding hydrogens is 287 g/mol. The van der Waals surface area contributed by atoms with Crippen LogP contribution in [-0.2, 0) is 0 Å². The number of allylic oxidation sites excluding steroid dienone is 7. The first kappa shape index (κ1) is 19.0. The number of halogens is 1. The Morgan fingerprint density at radius 3 is 2.30 bits per heavy atom. The molecule has 0 saturated heterocycles. The summed E-state index contributed by atoms with van der Waals surface area (Å²) in [6, 6.07) is 2.05. The van der Waals surface area contributed by atoms with E-state index in [9.17, 15) is 4.39 Å². The van der Waals surface area contributed by atoms with Gasteiger partial charge in [-0.05, 0) is 81.5 Å². The number of aryl methyl sites for hydroxylation is 1. The second kappa shape index (κ2) is 8.52. The van der Waals surface area contributed by atoms with Gasteiger partial charge in [-0.1, -0.05) is 29.9 Å². The van der Waals surface area contributed by atoms with Crippen LogP contribution >= 0.6 is 0 Å². The van der Waals surface area contributed by atoms with Crippen LogP contribution in [0.25, 0.3) is 6.08 Å². The third kappa shape index (κ3) is 4.95. The van der Waals surface area contributed by atoms with Gasteiger partial charge < -0.3 is 4.74 Å². The summed E-state index contributed by atoms with van der Waals surface area (Å²) in [5.74, 6) is 0.712. The van der Waals surface area contributed by atoms with Gasteiger partial charge in [-0.15, -0.1) is 0 Å². The highest BCUT2D eigenvalue weighted by Crippen LogP contribution is 2.28.